The van der Waals surface area contributed by atoms with Crippen LogP contribution in [0.3, 0.4) is 0 Å². The third-order valence-electron chi connectivity index (χ3n) is 2.84. The van der Waals surface area contributed by atoms with Crippen molar-refractivity contribution in [2.24, 2.45) is 0 Å². The Balaban J connectivity index is 2.70. The second kappa shape index (κ2) is 5.51. The monoisotopic (exact) mass is 314 g/mol. The summed E-state index contributed by atoms with van der Waals surface area (Å²) >= 11 is 0. The van der Waals surface area contributed by atoms with Crippen molar-refractivity contribution in [2.45, 2.75) is 12.8 Å². The van der Waals surface area contributed by atoms with Crippen molar-refractivity contribution in [3.8, 4) is 0 Å². The van der Waals surface area contributed by atoms with Crippen molar-refractivity contribution in [3.63, 3.8) is 0 Å². The fourth-order valence-corrected chi connectivity index (χ4v) is 1.87. The Kier molecular flexibility index (Phi) is 3.89. The van der Waals surface area contributed by atoms with Crippen molar-refractivity contribution in [2.75, 3.05) is 0 Å². The summed E-state index contributed by atoms with van der Waals surface area (Å²) in [7, 11) is 0. The molecule has 0 saturated carbocycles. The Bertz CT molecular complexity index is 822. The molecular weight excluding hydrogens is 305 g/mol. The molecule has 0 unspecified atom stereocenters. The summed E-state index contributed by atoms with van der Waals surface area (Å²) in [6, 6.07) is 7.99. The third kappa shape index (κ3) is 2.92. The molecule has 0 atom stereocenters. The van der Waals surface area contributed by atoms with Crippen LogP contribution in [-0.2, 0) is 12.8 Å². The van der Waals surface area contributed by atoms with Gasteiger partial charge in [0.25, 0.3) is 5.56 Å². The molecule has 22 heavy (non-hydrogen) atoms. The number of carboxylic acids is 1. The van der Waals surface area contributed by atoms with Gasteiger partial charge in [-0.05, 0) is 5.56 Å². The number of hydrogen-bond donors (Lipinski definition) is 1. The molecule has 0 amide bonds. The summed E-state index contributed by atoms with van der Waals surface area (Å²) in [6.07, 6.45) is -4.69. The van der Waals surface area contributed by atoms with Gasteiger partial charge in [0.2, 0.25) is 0 Å². The van der Waals surface area contributed by atoms with E-state index in [1.54, 1.807) is 30.3 Å². The maximum Gasteiger partial charge on any atom is 0.495 e. The molecule has 0 radical (unpaired) electrons. The molecule has 0 aliphatic rings. The van der Waals surface area contributed by atoms with Gasteiger partial charge in [0.1, 0.15) is 5.56 Å². The second-order valence-corrected chi connectivity index (χ2v) is 4.35. The summed E-state index contributed by atoms with van der Waals surface area (Å²) in [4.78, 5) is 34.3. The zero-order valence-electron chi connectivity index (χ0n) is 10.9. The standard InChI is InChI=1S/C13H9F3N2O4/c14-13(15,16)18-10(19)9(11(20)21)7-17(12(18)22)6-8-4-2-1-3-5-8/h1-5,7H,6H2,(H,20,21). The largest absolute Gasteiger partial charge is 0.495 e. The Morgan fingerprint density at radius 3 is 2.23 bits per heavy atom. The molecule has 0 bridgehead atoms. The molecule has 6 nitrogen and oxygen atoms in total. The second-order valence-electron chi connectivity index (χ2n) is 4.35. The molecule has 2 rings (SSSR count). The van der Waals surface area contributed by atoms with Gasteiger partial charge < -0.3 is 5.11 Å². The van der Waals surface area contributed by atoms with Gasteiger partial charge in [0.05, 0.1) is 6.54 Å². The summed E-state index contributed by atoms with van der Waals surface area (Å²) < 4.78 is 38.0. The van der Waals surface area contributed by atoms with E-state index in [9.17, 15) is 27.6 Å². The molecule has 1 heterocycles. The first-order valence-corrected chi connectivity index (χ1v) is 5.92. The van der Waals surface area contributed by atoms with E-state index in [1.165, 1.54) is 0 Å². The average Bonchev–Trinajstić information content (AvgIpc) is 2.41. The lowest BCUT2D eigenvalue weighted by atomic mass is 10.2. The summed E-state index contributed by atoms with van der Waals surface area (Å²) in [5.74, 6) is -1.84. The zero-order chi connectivity index (χ0) is 16.5. The minimum absolute atomic E-state index is 0.295. The zero-order valence-corrected chi connectivity index (χ0v) is 10.9. The van der Waals surface area contributed by atoms with Crippen molar-refractivity contribution >= 4 is 5.97 Å². The van der Waals surface area contributed by atoms with Crippen LogP contribution in [0, 0.1) is 0 Å². The molecule has 1 N–H and O–H groups in total. The number of nitrogens with zero attached hydrogens (tertiary/aromatic N) is 2. The van der Waals surface area contributed by atoms with Crippen LogP contribution in [0.25, 0.3) is 0 Å². The fourth-order valence-electron chi connectivity index (χ4n) is 1.87. The Morgan fingerprint density at radius 2 is 1.73 bits per heavy atom. The van der Waals surface area contributed by atoms with Crippen LogP contribution in [-0.4, -0.2) is 20.2 Å². The highest BCUT2D eigenvalue weighted by molar-refractivity contribution is 5.86. The van der Waals surface area contributed by atoms with E-state index >= 15 is 0 Å². The van der Waals surface area contributed by atoms with Crippen LogP contribution in [0.5, 0.6) is 0 Å². The highest BCUT2D eigenvalue weighted by Crippen LogP contribution is 2.17. The van der Waals surface area contributed by atoms with Crippen molar-refractivity contribution in [1.82, 2.24) is 9.13 Å². The summed E-state index contributed by atoms with van der Waals surface area (Å²) in [5.41, 5.74) is -4.21. The summed E-state index contributed by atoms with van der Waals surface area (Å²) in [5, 5.41) is 8.84. The first kappa shape index (κ1) is 15.5. The van der Waals surface area contributed by atoms with E-state index in [2.05, 4.69) is 0 Å². The van der Waals surface area contributed by atoms with Gasteiger partial charge in [-0.25, -0.2) is 9.59 Å². The van der Waals surface area contributed by atoms with Gasteiger partial charge in [-0.3, -0.25) is 9.36 Å². The fraction of sp³-hybridized carbons (Fsp3) is 0.154. The highest BCUT2D eigenvalue weighted by Gasteiger charge is 2.37. The van der Waals surface area contributed by atoms with Crippen molar-refractivity contribution in [1.29, 1.82) is 0 Å². The van der Waals surface area contributed by atoms with Crippen molar-refractivity contribution < 1.29 is 23.1 Å². The Labute approximate surface area is 120 Å². The van der Waals surface area contributed by atoms with Crippen LogP contribution in [0.2, 0.25) is 0 Å². The maximum atomic E-state index is 12.8. The van der Waals surface area contributed by atoms with E-state index < -0.39 is 33.6 Å². The minimum Gasteiger partial charge on any atom is -0.477 e. The number of aromatic carboxylic acids is 1. The van der Waals surface area contributed by atoms with Gasteiger partial charge in [-0.15, -0.1) is 13.2 Å². The SMILES string of the molecule is O=C(O)c1cn(Cc2ccccc2)c(=O)n(C(F)(F)F)c1=O. The number of benzene rings is 1. The summed E-state index contributed by atoms with van der Waals surface area (Å²) in [6.45, 7) is -0.295. The third-order valence-corrected chi connectivity index (χ3v) is 2.84. The minimum atomic E-state index is -5.31. The Morgan fingerprint density at radius 1 is 1.14 bits per heavy atom. The normalized spacial score (nSPS) is 11.4. The van der Waals surface area contributed by atoms with Crippen molar-refractivity contribution in [3.05, 3.63) is 68.5 Å². The quantitative estimate of drug-likeness (QED) is 0.924. The molecule has 2 aromatic rings. The van der Waals surface area contributed by atoms with E-state index in [0.717, 1.165) is 0 Å². The average molecular weight is 314 g/mol. The van der Waals surface area contributed by atoms with Crippen LogP contribution in [0.15, 0.2) is 46.1 Å². The number of carboxylic acid groups (broad SMARTS) is 1. The lowest BCUT2D eigenvalue weighted by molar-refractivity contribution is -0.209. The molecule has 1 aromatic heterocycles. The molecule has 9 heteroatoms. The van der Waals surface area contributed by atoms with Crippen LogP contribution in [0.4, 0.5) is 13.2 Å². The van der Waals surface area contributed by atoms with Gasteiger partial charge in [0.15, 0.2) is 0 Å². The van der Waals surface area contributed by atoms with Gasteiger partial charge in [-0.2, -0.15) is 4.57 Å². The number of carbonyl (C=O) groups is 1. The number of halogens is 3. The lowest BCUT2D eigenvalue weighted by Gasteiger charge is -2.13. The number of alkyl halides is 3. The molecule has 0 spiro atoms. The lowest BCUT2D eigenvalue weighted by Crippen LogP contribution is -2.48. The van der Waals surface area contributed by atoms with Crippen LogP contribution in [0.1, 0.15) is 15.9 Å². The van der Waals surface area contributed by atoms with Gasteiger partial charge in [0, 0.05) is 6.20 Å². The molecule has 116 valence electrons. The van der Waals surface area contributed by atoms with E-state index in [4.69, 9.17) is 5.11 Å². The predicted octanol–water partition coefficient (Wildman–Crippen LogP) is 1.23. The number of hydrogen-bond acceptors (Lipinski definition) is 3. The molecule has 0 fully saturated rings. The van der Waals surface area contributed by atoms with Crippen LogP contribution < -0.4 is 11.2 Å². The first-order chi connectivity index (χ1) is 10.2. The number of rotatable bonds is 3. The predicted molar refractivity (Wildman–Crippen MR) is 68.8 cm³/mol. The van der Waals surface area contributed by atoms with E-state index in [1.807, 2.05) is 0 Å². The topological polar surface area (TPSA) is 81.3 Å². The van der Waals surface area contributed by atoms with E-state index in [-0.39, 0.29) is 6.54 Å². The molecule has 1 aromatic carbocycles. The van der Waals surface area contributed by atoms with Gasteiger partial charge in [-0.1, -0.05) is 30.3 Å². The molecule has 0 aliphatic heterocycles. The highest BCUT2D eigenvalue weighted by atomic mass is 19.4. The smallest absolute Gasteiger partial charge is 0.477 e. The maximum absolute atomic E-state index is 12.8. The van der Waals surface area contributed by atoms with E-state index in [0.29, 0.717) is 16.3 Å². The van der Waals surface area contributed by atoms with Crippen LogP contribution >= 0.6 is 0 Å². The Hall–Kier alpha value is -2.84. The molecular formula is C13H9F3N2O4. The van der Waals surface area contributed by atoms with Gasteiger partial charge >= 0.3 is 18.0 Å². The molecule has 0 aliphatic carbocycles. The molecule has 0 saturated heterocycles. The first-order valence-electron chi connectivity index (χ1n) is 5.92. The number of aromatic nitrogens is 2.